The minimum absolute atomic E-state index is 0.0664. The molecule has 140 valence electrons. The zero-order valence-corrected chi connectivity index (χ0v) is 15.1. The molecule has 1 fully saturated rings. The summed E-state index contributed by atoms with van der Waals surface area (Å²) in [6.45, 7) is 0. The molecular weight excluding hydrogens is 371 g/mol. The Morgan fingerprint density at radius 2 is 1.93 bits per heavy atom. The van der Waals surface area contributed by atoms with E-state index in [-0.39, 0.29) is 22.8 Å². The van der Waals surface area contributed by atoms with E-state index in [4.69, 9.17) is 0 Å². The van der Waals surface area contributed by atoms with Crippen LogP contribution in [0.15, 0.2) is 55.0 Å². The van der Waals surface area contributed by atoms with E-state index in [0.717, 1.165) is 0 Å². The summed E-state index contributed by atoms with van der Waals surface area (Å²) < 4.78 is 40.6. The molecule has 0 spiro atoms. The number of sulfone groups is 1. The average molecular weight is 388 g/mol. The van der Waals surface area contributed by atoms with Crippen LogP contribution in [0.2, 0.25) is 0 Å². The number of nitrogens with zero attached hydrogens (tertiary/aromatic N) is 3. The number of hydrogen-bond acceptors (Lipinski definition) is 4. The van der Waals surface area contributed by atoms with Gasteiger partial charge < -0.3 is 9.88 Å². The van der Waals surface area contributed by atoms with Crippen molar-refractivity contribution < 1.29 is 17.6 Å². The summed E-state index contributed by atoms with van der Waals surface area (Å²) in [6.07, 6.45) is 5.20. The Hall–Kier alpha value is -2.94. The highest BCUT2D eigenvalue weighted by atomic mass is 32.2. The zero-order valence-electron chi connectivity index (χ0n) is 14.2. The first-order valence-electron chi connectivity index (χ1n) is 8.42. The van der Waals surface area contributed by atoms with Gasteiger partial charge in [0, 0.05) is 18.4 Å². The van der Waals surface area contributed by atoms with E-state index in [1.165, 1.54) is 16.9 Å². The van der Waals surface area contributed by atoms with Crippen LogP contribution in [0.5, 0.6) is 0 Å². The van der Waals surface area contributed by atoms with Crippen LogP contribution in [0, 0.1) is 5.82 Å². The molecule has 0 radical (unpaired) electrons. The minimum atomic E-state index is -3.11. The van der Waals surface area contributed by atoms with E-state index in [1.807, 2.05) is 0 Å². The molecule has 3 heterocycles. The predicted octanol–water partition coefficient (Wildman–Crippen LogP) is 1.72. The topological polar surface area (TPSA) is 86.0 Å². The molecule has 1 aliphatic rings. The molecule has 0 saturated carbocycles. The number of benzene rings is 1. The predicted molar refractivity (Wildman–Crippen MR) is 97.4 cm³/mol. The summed E-state index contributed by atoms with van der Waals surface area (Å²) in [6, 6.07) is 9.28. The van der Waals surface area contributed by atoms with Gasteiger partial charge in [-0.1, -0.05) is 12.1 Å². The van der Waals surface area contributed by atoms with E-state index < -0.39 is 27.6 Å². The second kappa shape index (κ2) is 6.66. The van der Waals surface area contributed by atoms with Gasteiger partial charge in [0.05, 0.1) is 17.7 Å². The number of carbonyl (C=O) groups excluding carboxylic acids is 1. The summed E-state index contributed by atoms with van der Waals surface area (Å²) in [5.41, 5.74) is 0.447. The van der Waals surface area contributed by atoms with Gasteiger partial charge in [-0.2, -0.15) is 5.10 Å². The van der Waals surface area contributed by atoms with Gasteiger partial charge in [0.25, 0.3) is 5.91 Å². The molecule has 3 aromatic rings. The molecule has 0 unspecified atom stereocenters. The molecule has 9 heteroatoms. The van der Waals surface area contributed by atoms with E-state index >= 15 is 0 Å². The van der Waals surface area contributed by atoms with Crippen LogP contribution < -0.4 is 5.32 Å². The van der Waals surface area contributed by atoms with Gasteiger partial charge in [-0.15, -0.1) is 0 Å². The van der Waals surface area contributed by atoms with Crippen molar-refractivity contribution in [3.05, 3.63) is 66.4 Å². The summed E-state index contributed by atoms with van der Waals surface area (Å²) in [5, 5.41) is 6.96. The Kier molecular flexibility index (Phi) is 4.31. The maximum Gasteiger partial charge on any atom is 0.256 e. The van der Waals surface area contributed by atoms with Crippen molar-refractivity contribution in [1.29, 1.82) is 0 Å². The van der Waals surface area contributed by atoms with E-state index in [0.29, 0.717) is 12.2 Å². The summed E-state index contributed by atoms with van der Waals surface area (Å²) in [4.78, 5) is 12.8. The Labute approximate surface area is 155 Å². The number of halogens is 1. The zero-order chi connectivity index (χ0) is 19.0. The summed E-state index contributed by atoms with van der Waals surface area (Å²) >= 11 is 0. The highest BCUT2D eigenvalue weighted by Gasteiger charge is 2.30. The number of rotatable bonds is 4. The fourth-order valence-electron chi connectivity index (χ4n) is 3.20. The largest absolute Gasteiger partial charge is 0.348 e. The van der Waals surface area contributed by atoms with Crippen LogP contribution >= 0.6 is 0 Å². The number of nitrogens with one attached hydrogen (secondary N) is 1. The summed E-state index contributed by atoms with van der Waals surface area (Å²) in [7, 11) is -3.11. The number of carbonyl (C=O) groups is 1. The second-order valence-electron chi connectivity index (χ2n) is 6.41. The molecular formula is C18H17FN4O3S. The lowest BCUT2D eigenvalue weighted by Crippen LogP contribution is -2.36. The molecule has 0 aliphatic carbocycles. The van der Waals surface area contributed by atoms with Crippen LogP contribution in [-0.4, -0.2) is 46.2 Å². The van der Waals surface area contributed by atoms with Crippen LogP contribution in [0.4, 0.5) is 4.39 Å². The maximum atomic E-state index is 14.3. The molecule has 27 heavy (non-hydrogen) atoms. The number of aromatic nitrogens is 3. The average Bonchev–Trinajstić information content (AvgIpc) is 3.34. The molecule has 1 aliphatic heterocycles. The first-order valence-corrected chi connectivity index (χ1v) is 10.2. The Balaban J connectivity index is 1.73. The van der Waals surface area contributed by atoms with Crippen molar-refractivity contribution in [2.24, 2.45) is 0 Å². The van der Waals surface area contributed by atoms with Gasteiger partial charge in [0.1, 0.15) is 17.1 Å². The van der Waals surface area contributed by atoms with Crippen molar-refractivity contribution in [2.45, 2.75) is 12.5 Å². The minimum Gasteiger partial charge on any atom is -0.348 e. The van der Waals surface area contributed by atoms with Gasteiger partial charge in [0.15, 0.2) is 15.7 Å². The normalized spacial score (nSPS) is 18.5. The molecule has 1 amide bonds. The lowest BCUT2D eigenvalue weighted by molar-refractivity contribution is 0.0941. The monoisotopic (exact) mass is 388 g/mol. The van der Waals surface area contributed by atoms with E-state index in [2.05, 4.69) is 10.4 Å². The van der Waals surface area contributed by atoms with Gasteiger partial charge in [-0.3, -0.25) is 4.79 Å². The molecule has 4 rings (SSSR count). The molecule has 1 N–H and O–H groups in total. The Bertz CT molecular complexity index is 1090. The van der Waals surface area contributed by atoms with Crippen LogP contribution in [-0.2, 0) is 9.84 Å². The van der Waals surface area contributed by atoms with Gasteiger partial charge in [0.2, 0.25) is 0 Å². The second-order valence-corrected chi connectivity index (χ2v) is 8.64. The third kappa shape index (κ3) is 3.37. The highest BCUT2D eigenvalue weighted by Crippen LogP contribution is 2.22. The van der Waals surface area contributed by atoms with Gasteiger partial charge >= 0.3 is 0 Å². The van der Waals surface area contributed by atoms with Crippen LogP contribution in [0.3, 0.4) is 0 Å². The third-order valence-electron chi connectivity index (χ3n) is 4.49. The fourth-order valence-corrected chi connectivity index (χ4v) is 4.87. The fraction of sp³-hybridized carbons (Fsp3) is 0.222. The summed E-state index contributed by atoms with van der Waals surface area (Å²) in [5.74, 6) is -0.537. The van der Waals surface area contributed by atoms with Crippen molar-refractivity contribution >= 4 is 15.7 Å². The number of amides is 1. The maximum absolute atomic E-state index is 14.3. The SMILES string of the molecule is O=C(N[C@H]1CCS(=O)(=O)C1)c1cnn(-c2ccccc2F)c1-n1cccc1. The van der Waals surface area contributed by atoms with Gasteiger partial charge in [-0.05, 0) is 30.7 Å². The molecule has 1 saturated heterocycles. The van der Waals surface area contributed by atoms with Crippen molar-refractivity contribution in [2.75, 3.05) is 11.5 Å². The third-order valence-corrected chi connectivity index (χ3v) is 6.25. The molecule has 0 bridgehead atoms. The van der Waals surface area contributed by atoms with Crippen molar-refractivity contribution in [3.8, 4) is 11.5 Å². The molecule has 1 atom stereocenters. The lowest BCUT2D eigenvalue weighted by Gasteiger charge is -2.13. The van der Waals surface area contributed by atoms with Crippen molar-refractivity contribution in [1.82, 2.24) is 19.7 Å². The first-order chi connectivity index (χ1) is 12.9. The van der Waals surface area contributed by atoms with Gasteiger partial charge in [-0.25, -0.2) is 17.5 Å². The quantitative estimate of drug-likeness (QED) is 0.737. The molecule has 1 aromatic carbocycles. The molecule has 7 nitrogen and oxygen atoms in total. The molecule has 2 aromatic heterocycles. The Morgan fingerprint density at radius 1 is 1.19 bits per heavy atom. The number of hydrogen-bond donors (Lipinski definition) is 1. The van der Waals surface area contributed by atoms with Crippen LogP contribution in [0.1, 0.15) is 16.8 Å². The Morgan fingerprint density at radius 3 is 2.59 bits per heavy atom. The number of para-hydroxylation sites is 1. The highest BCUT2D eigenvalue weighted by molar-refractivity contribution is 7.91. The first kappa shape index (κ1) is 17.5. The van der Waals surface area contributed by atoms with Crippen LogP contribution in [0.25, 0.3) is 11.5 Å². The lowest BCUT2D eigenvalue weighted by atomic mass is 10.2. The smallest absolute Gasteiger partial charge is 0.256 e. The van der Waals surface area contributed by atoms with Crippen molar-refractivity contribution in [3.63, 3.8) is 0 Å². The standard InChI is InChI=1S/C18H17FN4O3S/c19-15-5-1-2-6-16(15)23-18(22-8-3-4-9-22)14(11-20-23)17(24)21-13-7-10-27(25,26)12-13/h1-6,8-9,11,13H,7,10,12H2,(H,21,24)/t13-/m0/s1. The van der Waals surface area contributed by atoms with E-state index in [1.54, 1.807) is 47.3 Å². The van der Waals surface area contributed by atoms with E-state index in [9.17, 15) is 17.6 Å².